The Labute approximate surface area is 96.3 Å². The molecule has 1 unspecified atom stereocenters. The molecular weight excluding hydrogens is 235 g/mol. The Hall–Kier alpha value is -1.56. The van der Waals surface area contributed by atoms with Gasteiger partial charge in [-0.2, -0.15) is 13.2 Å². The van der Waals surface area contributed by atoms with Crippen molar-refractivity contribution in [3.05, 3.63) is 29.8 Å². The van der Waals surface area contributed by atoms with E-state index in [0.29, 0.717) is 5.69 Å². The number of hydrogen-bond donors (Lipinski definition) is 2. The highest BCUT2D eigenvalue weighted by Gasteiger charge is 2.31. The van der Waals surface area contributed by atoms with Gasteiger partial charge in [0, 0.05) is 12.6 Å². The molecule has 0 radical (unpaired) electrons. The number of aliphatic hydroxyl groups excluding tert-OH is 1. The fraction of sp³-hybridized carbons (Fsp3) is 0.364. The predicted octanol–water partition coefficient (Wildman–Crippen LogP) is 2.63. The summed E-state index contributed by atoms with van der Waals surface area (Å²) in [6.07, 6.45) is -7.36. The van der Waals surface area contributed by atoms with Crippen molar-refractivity contribution >= 4 is 11.6 Å². The fourth-order valence-electron chi connectivity index (χ4n) is 1.36. The third-order valence-electron chi connectivity index (χ3n) is 2.02. The molecule has 0 aliphatic rings. The maximum Gasteiger partial charge on any atom is 0.391 e. The lowest BCUT2D eigenvalue weighted by Gasteiger charge is -2.14. The SMILES string of the molecule is CC(=O)Nc1cccc(C(O)CC(F)(F)F)c1. The second kappa shape index (κ2) is 5.18. The first-order valence-electron chi connectivity index (χ1n) is 4.90. The van der Waals surface area contributed by atoms with Gasteiger partial charge in [0.1, 0.15) is 0 Å². The molecule has 0 spiro atoms. The lowest BCUT2D eigenvalue weighted by atomic mass is 10.1. The summed E-state index contributed by atoms with van der Waals surface area (Å²) in [7, 11) is 0. The van der Waals surface area contributed by atoms with Crippen molar-refractivity contribution in [1.29, 1.82) is 0 Å². The van der Waals surface area contributed by atoms with E-state index in [9.17, 15) is 23.1 Å². The minimum atomic E-state index is -4.43. The largest absolute Gasteiger partial charge is 0.391 e. The molecule has 0 aliphatic heterocycles. The van der Waals surface area contributed by atoms with Crippen molar-refractivity contribution in [3.8, 4) is 0 Å². The predicted molar refractivity (Wildman–Crippen MR) is 56.4 cm³/mol. The molecule has 17 heavy (non-hydrogen) atoms. The fourth-order valence-corrected chi connectivity index (χ4v) is 1.36. The van der Waals surface area contributed by atoms with Crippen molar-refractivity contribution in [2.45, 2.75) is 25.6 Å². The lowest BCUT2D eigenvalue weighted by molar-refractivity contribution is -0.154. The summed E-state index contributed by atoms with van der Waals surface area (Å²) in [6.45, 7) is 1.29. The summed E-state index contributed by atoms with van der Waals surface area (Å²) < 4.78 is 36.2. The van der Waals surface area contributed by atoms with Gasteiger partial charge in [-0.05, 0) is 17.7 Å². The van der Waals surface area contributed by atoms with Crippen LogP contribution in [-0.2, 0) is 4.79 Å². The maximum absolute atomic E-state index is 12.1. The van der Waals surface area contributed by atoms with Crippen LogP contribution in [0.2, 0.25) is 0 Å². The van der Waals surface area contributed by atoms with E-state index in [-0.39, 0.29) is 11.5 Å². The van der Waals surface area contributed by atoms with E-state index in [1.165, 1.54) is 31.2 Å². The van der Waals surface area contributed by atoms with Crippen LogP contribution in [0.15, 0.2) is 24.3 Å². The highest BCUT2D eigenvalue weighted by atomic mass is 19.4. The third-order valence-corrected chi connectivity index (χ3v) is 2.02. The van der Waals surface area contributed by atoms with Crippen molar-refractivity contribution in [3.63, 3.8) is 0 Å². The summed E-state index contributed by atoms with van der Waals surface area (Å²) in [5.41, 5.74) is 0.477. The number of rotatable bonds is 3. The van der Waals surface area contributed by atoms with Gasteiger partial charge in [-0.15, -0.1) is 0 Å². The highest BCUT2D eigenvalue weighted by molar-refractivity contribution is 5.88. The standard InChI is InChI=1S/C11H12F3NO2/c1-7(16)15-9-4-2-3-8(5-9)10(17)6-11(12,13)14/h2-5,10,17H,6H2,1H3,(H,15,16). The van der Waals surface area contributed by atoms with E-state index in [4.69, 9.17) is 0 Å². The molecular formula is C11H12F3NO2. The average Bonchev–Trinajstić information content (AvgIpc) is 2.14. The van der Waals surface area contributed by atoms with Crippen molar-refractivity contribution in [2.75, 3.05) is 5.32 Å². The number of anilines is 1. The Morgan fingerprint density at radius 2 is 2.12 bits per heavy atom. The molecule has 0 saturated heterocycles. The quantitative estimate of drug-likeness (QED) is 0.862. The van der Waals surface area contributed by atoms with Crippen LogP contribution >= 0.6 is 0 Å². The molecule has 1 atom stereocenters. The molecule has 1 amide bonds. The van der Waals surface area contributed by atoms with E-state index in [2.05, 4.69) is 5.32 Å². The van der Waals surface area contributed by atoms with Gasteiger partial charge in [0.25, 0.3) is 0 Å². The van der Waals surface area contributed by atoms with Crippen LogP contribution < -0.4 is 5.32 Å². The van der Waals surface area contributed by atoms with Gasteiger partial charge in [-0.25, -0.2) is 0 Å². The summed E-state index contributed by atoms with van der Waals surface area (Å²) in [5.74, 6) is -0.326. The van der Waals surface area contributed by atoms with E-state index >= 15 is 0 Å². The number of aliphatic hydroxyl groups is 1. The Kier molecular flexibility index (Phi) is 4.11. The zero-order valence-electron chi connectivity index (χ0n) is 9.08. The van der Waals surface area contributed by atoms with Crippen LogP contribution in [0.4, 0.5) is 18.9 Å². The van der Waals surface area contributed by atoms with Crippen molar-refractivity contribution in [2.24, 2.45) is 0 Å². The second-order valence-electron chi connectivity index (χ2n) is 3.64. The molecule has 0 fully saturated rings. The van der Waals surface area contributed by atoms with Crippen LogP contribution in [0.5, 0.6) is 0 Å². The first-order valence-corrected chi connectivity index (χ1v) is 4.90. The highest BCUT2D eigenvalue weighted by Crippen LogP contribution is 2.30. The number of nitrogens with one attached hydrogen (secondary N) is 1. The van der Waals surface area contributed by atoms with Crippen molar-refractivity contribution in [1.82, 2.24) is 0 Å². The van der Waals surface area contributed by atoms with Crippen LogP contribution in [-0.4, -0.2) is 17.2 Å². The van der Waals surface area contributed by atoms with E-state index in [1.807, 2.05) is 0 Å². The van der Waals surface area contributed by atoms with E-state index < -0.39 is 18.7 Å². The van der Waals surface area contributed by atoms with Gasteiger partial charge < -0.3 is 10.4 Å². The molecule has 1 aromatic rings. The normalized spacial score (nSPS) is 13.2. The molecule has 0 bridgehead atoms. The minimum Gasteiger partial charge on any atom is -0.388 e. The molecule has 94 valence electrons. The lowest BCUT2D eigenvalue weighted by Crippen LogP contribution is -2.14. The average molecular weight is 247 g/mol. The number of alkyl halides is 3. The monoisotopic (exact) mass is 247 g/mol. The Morgan fingerprint density at radius 3 is 2.65 bits per heavy atom. The van der Waals surface area contributed by atoms with E-state index in [0.717, 1.165) is 0 Å². The molecule has 0 heterocycles. The molecule has 1 aromatic carbocycles. The number of halogens is 3. The van der Waals surface area contributed by atoms with E-state index in [1.54, 1.807) is 0 Å². The number of amides is 1. The summed E-state index contributed by atoms with van der Waals surface area (Å²) in [4.78, 5) is 10.8. The number of benzene rings is 1. The van der Waals surface area contributed by atoms with Crippen LogP contribution in [0, 0.1) is 0 Å². The topological polar surface area (TPSA) is 49.3 Å². The summed E-state index contributed by atoms with van der Waals surface area (Å²) >= 11 is 0. The van der Waals surface area contributed by atoms with Gasteiger partial charge in [0.2, 0.25) is 5.91 Å². The molecule has 0 aromatic heterocycles. The van der Waals surface area contributed by atoms with Crippen LogP contribution in [0.1, 0.15) is 25.0 Å². The van der Waals surface area contributed by atoms with Gasteiger partial charge in [0.15, 0.2) is 0 Å². The zero-order chi connectivity index (χ0) is 13.1. The number of carbonyl (C=O) groups excluding carboxylic acids is 1. The number of carbonyl (C=O) groups is 1. The van der Waals surface area contributed by atoms with Crippen molar-refractivity contribution < 1.29 is 23.1 Å². The van der Waals surface area contributed by atoms with Gasteiger partial charge in [0.05, 0.1) is 12.5 Å². The Morgan fingerprint density at radius 1 is 1.47 bits per heavy atom. The molecule has 2 N–H and O–H groups in total. The van der Waals surface area contributed by atoms with Gasteiger partial charge >= 0.3 is 6.18 Å². The Balaban J connectivity index is 2.80. The second-order valence-corrected chi connectivity index (χ2v) is 3.64. The third kappa shape index (κ3) is 4.86. The molecule has 0 aliphatic carbocycles. The molecule has 1 rings (SSSR count). The zero-order valence-corrected chi connectivity index (χ0v) is 9.08. The first kappa shape index (κ1) is 13.5. The minimum absolute atomic E-state index is 0.119. The molecule has 0 saturated carbocycles. The smallest absolute Gasteiger partial charge is 0.388 e. The van der Waals surface area contributed by atoms with Gasteiger partial charge in [-0.1, -0.05) is 12.1 Å². The maximum atomic E-state index is 12.1. The molecule has 3 nitrogen and oxygen atoms in total. The molecule has 6 heteroatoms. The first-order chi connectivity index (χ1) is 7.78. The van der Waals surface area contributed by atoms with Crippen LogP contribution in [0.3, 0.4) is 0 Å². The van der Waals surface area contributed by atoms with Gasteiger partial charge in [-0.3, -0.25) is 4.79 Å². The van der Waals surface area contributed by atoms with Crippen LogP contribution in [0.25, 0.3) is 0 Å². The number of hydrogen-bond acceptors (Lipinski definition) is 2. The Bertz CT molecular complexity index is 404. The summed E-state index contributed by atoms with van der Waals surface area (Å²) in [5, 5.41) is 11.8. The summed E-state index contributed by atoms with van der Waals surface area (Å²) in [6, 6.07) is 5.70.